The number of nitrogens with two attached hydrogens (primary N) is 1. The normalized spacial score (nSPS) is 15.0. The predicted octanol–water partition coefficient (Wildman–Crippen LogP) is 4.33. The SMILES string of the molecule is CCN(CC)CC[n+]1cnc2c(c1N)[C@@H](c1ccco1)c1ccc3ccccc3c1O2. The minimum absolute atomic E-state index is 0.174. The topological polar surface area (TPSA) is 68.4 Å². The summed E-state index contributed by atoms with van der Waals surface area (Å²) in [4.78, 5) is 7.04. The highest BCUT2D eigenvalue weighted by Crippen LogP contribution is 2.50. The van der Waals surface area contributed by atoms with Crippen LogP contribution in [0.25, 0.3) is 10.8 Å². The molecule has 6 nitrogen and oxygen atoms in total. The van der Waals surface area contributed by atoms with E-state index >= 15 is 0 Å². The van der Waals surface area contributed by atoms with Crippen LogP contribution in [0, 0.1) is 0 Å². The van der Waals surface area contributed by atoms with Crippen molar-refractivity contribution in [3.8, 4) is 11.6 Å². The van der Waals surface area contributed by atoms with Crippen LogP contribution in [-0.2, 0) is 6.54 Å². The summed E-state index contributed by atoms with van der Waals surface area (Å²) in [6, 6.07) is 16.4. The number of likely N-dealkylation sites (N-methyl/N-ethyl adjacent to an activating group) is 1. The molecule has 0 radical (unpaired) electrons. The molecule has 2 aromatic carbocycles. The first-order chi connectivity index (χ1) is 15.2. The van der Waals surface area contributed by atoms with Crippen LogP contribution in [0.1, 0.15) is 36.7 Å². The minimum Gasteiger partial charge on any atom is -0.468 e. The number of aromatic nitrogens is 2. The largest absolute Gasteiger partial charge is 0.468 e. The maximum atomic E-state index is 6.72. The first kappa shape index (κ1) is 19.6. The second kappa shape index (κ2) is 8.04. The highest BCUT2D eigenvalue weighted by Gasteiger charge is 2.38. The molecule has 3 heterocycles. The van der Waals surface area contributed by atoms with E-state index in [-0.39, 0.29) is 5.92 Å². The zero-order valence-electron chi connectivity index (χ0n) is 17.9. The molecule has 6 heteroatoms. The minimum atomic E-state index is -0.174. The third-order valence-electron chi connectivity index (χ3n) is 6.22. The predicted molar refractivity (Wildman–Crippen MR) is 120 cm³/mol. The number of ether oxygens (including phenoxy) is 1. The molecule has 0 amide bonds. The molecule has 1 aliphatic heterocycles. The number of rotatable bonds is 6. The van der Waals surface area contributed by atoms with Gasteiger partial charge >= 0.3 is 5.88 Å². The van der Waals surface area contributed by atoms with E-state index in [0.29, 0.717) is 11.7 Å². The molecule has 1 aliphatic rings. The molecular formula is C25H27N4O2+. The lowest BCUT2D eigenvalue weighted by Gasteiger charge is -2.26. The number of nitrogen functional groups attached to an aromatic ring is 1. The summed E-state index contributed by atoms with van der Waals surface area (Å²) in [6.07, 6.45) is 3.49. The summed E-state index contributed by atoms with van der Waals surface area (Å²) in [5.41, 5.74) is 8.62. The zero-order valence-corrected chi connectivity index (χ0v) is 17.9. The van der Waals surface area contributed by atoms with Gasteiger partial charge in [0.2, 0.25) is 12.1 Å². The van der Waals surface area contributed by atoms with Gasteiger partial charge in [0.1, 0.15) is 17.1 Å². The fourth-order valence-electron chi connectivity index (χ4n) is 4.44. The molecule has 2 aromatic heterocycles. The number of anilines is 1. The average Bonchev–Trinajstić information content (AvgIpc) is 3.34. The Balaban J connectivity index is 1.65. The molecule has 2 N–H and O–H groups in total. The third-order valence-corrected chi connectivity index (χ3v) is 6.22. The van der Waals surface area contributed by atoms with Crippen LogP contribution in [-0.4, -0.2) is 29.5 Å². The summed E-state index contributed by atoms with van der Waals surface area (Å²) >= 11 is 0. The van der Waals surface area contributed by atoms with Gasteiger partial charge in [0.05, 0.1) is 18.7 Å². The molecule has 0 saturated heterocycles. The fourth-order valence-corrected chi connectivity index (χ4v) is 4.44. The van der Waals surface area contributed by atoms with Crippen LogP contribution in [0.2, 0.25) is 0 Å². The van der Waals surface area contributed by atoms with Gasteiger partial charge in [-0.15, -0.1) is 0 Å². The van der Waals surface area contributed by atoms with Gasteiger partial charge in [-0.3, -0.25) is 0 Å². The smallest absolute Gasteiger partial charge is 0.306 e. The summed E-state index contributed by atoms with van der Waals surface area (Å²) in [5, 5.41) is 2.18. The summed E-state index contributed by atoms with van der Waals surface area (Å²) in [5.74, 6) is 2.68. The second-order valence-corrected chi connectivity index (χ2v) is 7.82. The van der Waals surface area contributed by atoms with Crippen molar-refractivity contribution in [1.29, 1.82) is 0 Å². The van der Waals surface area contributed by atoms with E-state index in [2.05, 4.69) is 48.0 Å². The standard InChI is InChI=1S/C25H26N4O2/c1-3-28(4-2)13-14-29-16-27-25-22(24(29)26)21(20-10-7-15-30-20)19-12-11-17-8-5-6-9-18(17)23(19)31-25/h5-12,15-16,21,26H,3-4,13-14H2,1-2H3/p+1/t21-/m1/s1. The third kappa shape index (κ3) is 3.33. The molecule has 5 rings (SSSR count). The summed E-state index contributed by atoms with van der Waals surface area (Å²) in [6.45, 7) is 8.04. The number of furan rings is 1. The maximum Gasteiger partial charge on any atom is 0.306 e. The van der Waals surface area contributed by atoms with Crippen LogP contribution in [0.15, 0.2) is 65.5 Å². The Morgan fingerprint density at radius 3 is 2.68 bits per heavy atom. The summed E-state index contributed by atoms with van der Waals surface area (Å²) < 4.78 is 14.3. The van der Waals surface area contributed by atoms with Gasteiger partial charge in [-0.05, 0) is 30.6 Å². The van der Waals surface area contributed by atoms with E-state index in [1.54, 1.807) is 12.6 Å². The first-order valence-corrected chi connectivity index (χ1v) is 10.8. The van der Waals surface area contributed by atoms with Crippen molar-refractivity contribution >= 4 is 16.6 Å². The Labute approximate surface area is 181 Å². The van der Waals surface area contributed by atoms with Gasteiger partial charge in [-0.2, -0.15) is 0 Å². The number of hydrogen-bond donors (Lipinski definition) is 1. The molecule has 1 atom stereocenters. The van der Waals surface area contributed by atoms with Gasteiger partial charge in [0.15, 0.2) is 0 Å². The molecule has 0 unspecified atom stereocenters. The van der Waals surface area contributed by atoms with Crippen LogP contribution < -0.4 is 15.0 Å². The zero-order chi connectivity index (χ0) is 21.4. The molecule has 31 heavy (non-hydrogen) atoms. The van der Waals surface area contributed by atoms with Crippen molar-refractivity contribution in [2.75, 3.05) is 25.4 Å². The lowest BCUT2D eigenvalue weighted by atomic mass is 9.86. The Hall–Kier alpha value is -3.38. The number of benzene rings is 2. The average molecular weight is 416 g/mol. The second-order valence-electron chi connectivity index (χ2n) is 7.82. The van der Waals surface area contributed by atoms with Gasteiger partial charge in [0, 0.05) is 17.5 Å². The molecule has 0 bridgehead atoms. The quantitative estimate of drug-likeness (QED) is 0.418. The molecule has 4 aromatic rings. The van der Waals surface area contributed by atoms with E-state index in [9.17, 15) is 0 Å². The monoisotopic (exact) mass is 415 g/mol. The van der Waals surface area contributed by atoms with Crippen molar-refractivity contribution in [3.63, 3.8) is 0 Å². The van der Waals surface area contributed by atoms with E-state index in [0.717, 1.165) is 59.6 Å². The Morgan fingerprint density at radius 2 is 1.90 bits per heavy atom. The molecular weight excluding hydrogens is 388 g/mol. The maximum absolute atomic E-state index is 6.72. The van der Waals surface area contributed by atoms with Crippen LogP contribution in [0.3, 0.4) is 0 Å². The van der Waals surface area contributed by atoms with Gasteiger partial charge < -0.3 is 19.8 Å². The molecule has 158 valence electrons. The highest BCUT2D eigenvalue weighted by atomic mass is 16.5. The number of nitrogens with zero attached hydrogens (tertiary/aromatic N) is 3. The Bertz CT molecular complexity index is 1220. The first-order valence-electron chi connectivity index (χ1n) is 10.8. The van der Waals surface area contributed by atoms with Crippen molar-refractivity contribution in [3.05, 3.63) is 78.0 Å². The van der Waals surface area contributed by atoms with Crippen molar-refractivity contribution in [2.45, 2.75) is 26.3 Å². The van der Waals surface area contributed by atoms with Crippen molar-refractivity contribution in [2.24, 2.45) is 0 Å². The Kier molecular flexibility index (Phi) is 5.08. The lowest BCUT2D eigenvalue weighted by molar-refractivity contribution is -0.685. The molecule has 0 spiro atoms. The van der Waals surface area contributed by atoms with Crippen molar-refractivity contribution in [1.82, 2.24) is 9.88 Å². The van der Waals surface area contributed by atoms with E-state index in [1.807, 2.05) is 28.8 Å². The highest BCUT2D eigenvalue weighted by molar-refractivity contribution is 5.91. The summed E-state index contributed by atoms with van der Waals surface area (Å²) in [7, 11) is 0. The molecule has 0 aliphatic carbocycles. The van der Waals surface area contributed by atoms with E-state index in [1.165, 1.54) is 0 Å². The van der Waals surface area contributed by atoms with E-state index < -0.39 is 0 Å². The van der Waals surface area contributed by atoms with E-state index in [4.69, 9.17) is 14.9 Å². The van der Waals surface area contributed by atoms with Crippen molar-refractivity contribution < 1.29 is 13.7 Å². The van der Waals surface area contributed by atoms with Gasteiger partial charge in [0.25, 0.3) is 0 Å². The number of fused-ring (bicyclic) bond motifs is 4. The lowest BCUT2D eigenvalue weighted by Crippen LogP contribution is -2.44. The molecule has 0 saturated carbocycles. The number of hydrogen-bond acceptors (Lipinski definition) is 5. The van der Waals surface area contributed by atoms with Crippen LogP contribution >= 0.6 is 0 Å². The van der Waals surface area contributed by atoms with Gasteiger partial charge in [-0.1, -0.05) is 55.2 Å². The van der Waals surface area contributed by atoms with Crippen LogP contribution in [0.4, 0.5) is 5.82 Å². The van der Waals surface area contributed by atoms with Crippen LogP contribution in [0.5, 0.6) is 11.6 Å². The molecule has 0 fully saturated rings. The Morgan fingerprint density at radius 1 is 1.06 bits per heavy atom. The van der Waals surface area contributed by atoms with Gasteiger partial charge in [-0.25, -0.2) is 4.57 Å². The fraction of sp³-hybridized carbons (Fsp3) is 0.280.